The van der Waals surface area contributed by atoms with E-state index in [0.717, 1.165) is 19.6 Å². The second kappa shape index (κ2) is 9.21. The zero-order valence-electron chi connectivity index (χ0n) is 16.0. The SMILES string of the molecule is CCN1CCN(S(=O)(=O)c2ccc(NC(=O)Cn3cc(Br)ccc3=O)cc2)CC1. The number of nitrogens with one attached hydrogen (secondary N) is 1. The Labute approximate surface area is 178 Å². The highest BCUT2D eigenvalue weighted by Gasteiger charge is 2.27. The number of rotatable bonds is 6. The fourth-order valence-electron chi connectivity index (χ4n) is 3.13. The van der Waals surface area contributed by atoms with Gasteiger partial charge in [-0.1, -0.05) is 6.92 Å². The van der Waals surface area contributed by atoms with Gasteiger partial charge in [-0.25, -0.2) is 8.42 Å². The summed E-state index contributed by atoms with van der Waals surface area (Å²) in [6.07, 6.45) is 1.54. The van der Waals surface area contributed by atoms with Crippen LogP contribution < -0.4 is 10.9 Å². The van der Waals surface area contributed by atoms with Gasteiger partial charge in [-0.3, -0.25) is 9.59 Å². The maximum Gasteiger partial charge on any atom is 0.251 e. The number of benzene rings is 1. The minimum atomic E-state index is -3.55. The van der Waals surface area contributed by atoms with Gasteiger partial charge >= 0.3 is 0 Å². The van der Waals surface area contributed by atoms with Crippen molar-refractivity contribution in [1.82, 2.24) is 13.8 Å². The molecule has 0 aliphatic carbocycles. The van der Waals surface area contributed by atoms with Crippen molar-refractivity contribution in [2.45, 2.75) is 18.4 Å². The normalized spacial score (nSPS) is 15.9. The van der Waals surface area contributed by atoms with Gasteiger partial charge in [0.1, 0.15) is 6.54 Å². The summed E-state index contributed by atoms with van der Waals surface area (Å²) in [5.74, 6) is -0.378. The molecule has 0 spiro atoms. The molecule has 1 saturated heterocycles. The molecule has 0 bridgehead atoms. The zero-order chi connectivity index (χ0) is 21.0. The molecule has 1 aromatic heterocycles. The van der Waals surface area contributed by atoms with Crippen LogP contribution in [0, 0.1) is 0 Å². The van der Waals surface area contributed by atoms with Crippen LogP contribution in [0.25, 0.3) is 0 Å². The number of anilines is 1. The largest absolute Gasteiger partial charge is 0.325 e. The van der Waals surface area contributed by atoms with Crippen LogP contribution in [0.5, 0.6) is 0 Å². The van der Waals surface area contributed by atoms with Gasteiger partial charge in [-0.05, 0) is 52.8 Å². The van der Waals surface area contributed by atoms with Crippen molar-refractivity contribution in [2.75, 3.05) is 38.0 Å². The average Bonchev–Trinajstić information content (AvgIpc) is 2.71. The molecule has 2 aromatic rings. The van der Waals surface area contributed by atoms with Crippen molar-refractivity contribution in [3.63, 3.8) is 0 Å². The molecule has 1 fully saturated rings. The molecule has 29 heavy (non-hydrogen) atoms. The van der Waals surface area contributed by atoms with E-state index in [1.54, 1.807) is 18.2 Å². The Kier molecular flexibility index (Phi) is 6.89. The van der Waals surface area contributed by atoms with Crippen LogP contribution in [0.15, 0.2) is 56.8 Å². The molecule has 1 amide bonds. The van der Waals surface area contributed by atoms with E-state index < -0.39 is 10.0 Å². The molecule has 156 valence electrons. The molecule has 1 aromatic carbocycles. The van der Waals surface area contributed by atoms with Gasteiger partial charge in [-0.15, -0.1) is 0 Å². The summed E-state index contributed by atoms with van der Waals surface area (Å²) in [6, 6.07) is 9.06. The minimum absolute atomic E-state index is 0.139. The van der Waals surface area contributed by atoms with Gasteiger partial charge in [0.05, 0.1) is 4.90 Å². The van der Waals surface area contributed by atoms with E-state index in [-0.39, 0.29) is 22.9 Å². The van der Waals surface area contributed by atoms with Gasteiger partial charge in [0.15, 0.2) is 0 Å². The fraction of sp³-hybridized carbons (Fsp3) is 0.368. The fourth-order valence-corrected chi connectivity index (χ4v) is 4.93. The lowest BCUT2D eigenvalue weighted by Crippen LogP contribution is -2.48. The highest BCUT2D eigenvalue weighted by atomic mass is 79.9. The summed E-state index contributed by atoms with van der Waals surface area (Å²) in [4.78, 5) is 26.4. The number of sulfonamides is 1. The Bertz CT molecular complexity index is 1030. The van der Waals surface area contributed by atoms with Gasteiger partial charge < -0.3 is 14.8 Å². The standard InChI is InChI=1S/C19H23BrN4O4S/c1-2-22-9-11-24(12-10-22)29(27,28)17-6-4-16(5-7-17)21-18(25)14-23-13-15(20)3-8-19(23)26/h3-8,13H,2,9-12,14H2,1H3,(H,21,25). The van der Waals surface area contributed by atoms with Crippen molar-refractivity contribution in [1.29, 1.82) is 0 Å². The average molecular weight is 483 g/mol. The number of carbonyl (C=O) groups is 1. The van der Waals surface area contributed by atoms with Gasteiger partial charge in [-0.2, -0.15) is 4.31 Å². The highest BCUT2D eigenvalue weighted by molar-refractivity contribution is 9.10. The molecule has 1 aliphatic rings. The molecule has 1 aliphatic heterocycles. The van der Waals surface area contributed by atoms with Crippen LogP contribution in [-0.2, 0) is 21.4 Å². The monoisotopic (exact) mass is 482 g/mol. The summed E-state index contributed by atoms with van der Waals surface area (Å²) in [7, 11) is -3.55. The Hall–Kier alpha value is -2.01. The first kappa shape index (κ1) is 21.7. The molecular weight excluding hydrogens is 460 g/mol. The molecule has 1 N–H and O–H groups in total. The molecular formula is C19H23BrN4O4S. The Balaban J connectivity index is 1.64. The highest BCUT2D eigenvalue weighted by Crippen LogP contribution is 2.20. The van der Waals surface area contributed by atoms with Crippen molar-refractivity contribution < 1.29 is 13.2 Å². The number of carbonyl (C=O) groups excluding carboxylic acids is 1. The molecule has 0 radical (unpaired) electrons. The Morgan fingerprint density at radius 1 is 1.07 bits per heavy atom. The van der Waals surface area contributed by atoms with Crippen molar-refractivity contribution in [3.05, 3.63) is 57.4 Å². The maximum absolute atomic E-state index is 12.8. The molecule has 0 saturated carbocycles. The predicted molar refractivity (Wildman–Crippen MR) is 114 cm³/mol. The lowest BCUT2D eigenvalue weighted by Gasteiger charge is -2.33. The number of amides is 1. The van der Waals surface area contributed by atoms with Gasteiger partial charge in [0, 0.05) is 48.6 Å². The number of nitrogens with zero attached hydrogens (tertiary/aromatic N) is 3. The first-order valence-electron chi connectivity index (χ1n) is 9.28. The second-order valence-electron chi connectivity index (χ2n) is 6.72. The third kappa shape index (κ3) is 5.33. The van der Waals surface area contributed by atoms with E-state index in [1.165, 1.54) is 33.3 Å². The Morgan fingerprint density at radius 3 is 2.34 bits per heavy atom. The summed E-state index contributed by atoms with van der Waals surface area (Å²) in [5.41, 5.74) is 0.181. The Morgan fingerprint density at radius 2 is 1.72 bits per heavy atom. The number of hydrogen-bond acceptors (Lipinski definition) is 5. The number of likely N-dealkylation sites (N-methyl/N-ethyl adjacent to an activating group) is 1. The molecule has 0 unspecified atom stereocenters. The third-order valence-electron chi connectivity index (χ3n) is 4.82. The number of hydrogen-bond donors (Lipinski definition) is 1. The molecule has 8 nitrogen and oxygen atoms in total. The lowest BCUT2D eigenvalue weighted by atomic mass is 10.3. The van der Waals surface area contributed by atoms with E-state index in [4.69, 9.17) is 0 Å². The van der Waals surface area contributed by atoms with Gasteiger partial charge in [0.25, 0.3) is 5.56 Å². The van der Waals surface area contributed by atoms with Crippen LogP contribution >= 0.6 is 15.9 Å². The summed E-state index contributed by atoms with van der Waals surface area (Å²) in [5, 5.41) is 2.68. The van der Waals surface area contributed by atoms with Crippen molar-refractivity contribution in [3.8, 4) is 0 Å². The van der Waals surface area contributed by atoms with Crippen LogP contribution in [0.1, 0.15) is 6.92 Å². The third-order valence-corrected chi connectivity index (χ3v) is 7.20. The first-order valence-corrected chi connectivity index (χ1v) is 11.5. The van der Waals surface area contributed by atoms with Gasteiger partial charge in [0.2, 0.25) is 15.9 Å². The van der Waals surface area contributed by atoms with Crippen LogP contribution in [0.2, 0.25) is 0 Å². The van der Waals surface area contributed by atoms with E-state index in [9.17, 15) is 18.0 Å². The van der Waals surface area contributed by atoms with Crippen molar-refractivity contribution in [2.24, 2.45) is 0 Å². The smallest absolute Gasteiger partial charge is 0.251 e. The lowest BCUT2D eigenvalue weighted by molar-refractivity contribution is -0.116. The summed E-state index contributed by atoms with van der Waals surface area (Å²) in [6.45, 7) is 5.21. The predicted octanol–water partition coefficient (Wildman–Crippen LogP) is 1.58. The quantitative estimate of drug-likeness (QED) is 0.674. The zero-order valence-corrected chi connectivity index (χ0v) is 18.4. The maximum atomic E-state index is 12.8. The van der Waals surface area contributed by atoms with E-state index in [2.05, 4.69) is 33.1 Å². The molecule has 0 atom stereocenters. The number of halogens is 1. The van der Waals surface area contributed by atoms with E-state index in [1.807, 2.05) is 0 Å². The molecule has 10 heteroatoms. The second-order valence-corrected chi connectivity index (χ2v) is 9.58. The van der Waals surface area contributed by atoms with Crippen LogP contribution in [-0.4, -0.2) is 60.8 Å². The first-order chi connectivity index (χ1) is 13.8. The van der Waals surface area contributed by atoms with E-state index >= 15 is 0 Å². The summed E-state index contributed by atoms with van der Waals surface area (Å²) >= 11 is 3.26. The minimum Gasteiger partial charge on any atom is -0.325 e. The van der Waals surface area contributed by atoms with Crippen LogP contribution in [0.4, 0.5) is 5.69 Å². The van der Waals surface area contributed by atoms with E-state index in [0.29, 0.717) is 23.2 Å². The number of pyridine rings is 1. The van der Waals surface area contributed by atoms with Crippen molar-refractivity contribution >= 4 is 37.5 Å². The number of piperazine rings is 1. The molecule has 2 heterocycles. The topological polar surface area (TPSA) is 91.7 Å². The van der Waals surface area contributed by atoms with Crippen LogP contribution in [0.3, 0.4) is 0 Å². The summed E-state index contributed by atoms with van der Waals surface area (Å²) < 4.78 is 29.1. The molecule has 3 rings (SSSR count). The number of aromatic nitrogens is 1.